The highest BCUT2D eigenvalue weighted by molar-refractivity contribution is 7.86. The Hall–Kier alpha value is -0.200. The van der Waals surface area contributed by atoms with Crippen molar-refractivity contribution in [1.29, 1.82) is 0 Å². The maximum absolute atomic E-state index is 11.9. The molecule has 0 fully saturated rings. The van der Waals surface area contributed by atoms with E-state index in [1.807, 2.05) is 0 Å². The molecule has 4 nitrogen and oxygen atoms in total. The minimum absolute atomic E-state index is 0. The van der Waals surface area contributed by atoms with Gasteiger partial charge in [0.2, 0.25) is 0 Å². The van der Waals surface area contributed by atoms with Gasteiger partial charge in [-0.25, -0.2) is 0 Å². The molecule has 29 heavy (non-hydrogen) atoms. The smallest absolute Gasteiger partial charge is 0.267 e. The largest absolute Gasteiger partial charge is 0.344 e. The highest BCUT2D eigenvalue weighted by atomic mass is 32.2. The molecule has 178 valence electrons. The van der Waals surface area contributed by atoms with Gasteiger partial charge in [0.05, 0.1) is 19.0 Å². The van der Waals surface area contributed by atoms with Crippen LogP contribution in [0.3, 0.4) is 0 Å². The Labute approximate surface area is 181 Å². The first kappa shape index (κ1) is 31.0. The Kier molecular flexibility index (Phi) is 25.7. The van der Waals surface area contributed by atoms with Crippen LogP contribution in [0.15, 0.2) is 0 Å². The average Bonchev–Trinajstić information content (AvgIpc) is 2.67. The third kappa shape index (κ3) is 25.8. The SMILES string of the molecule is CCCCCCCCCCCOS(=O)(=O)CCCCCCCCCCCCF.N. The van der Waals surface area contributed by atoms with Crippen molar-refractivity contribution in [1.82, 2.24) is 6.15 Å². The van der Waals surface area contributed by atoms with E-state index >= 15 is 0 Å². The van der Waals surface area contributed by atoms with Crippen LogP contribution in [0.4, 0.5) is 4.39 Å². The van der Waals surface area contributed by atoms with Gasteiger partial charge in [-0.3, -0.25) is 8.57 Å². The quantitative estimate of drug-likeness (QED) is 0.130. The summed E-state index contributed by atoms with van der Waals surface area (Å²) in [6, 6.07) is 0. The molecule has 0 radical (unpaired) electrons. The minimum atomic E-state index is -3.33. The molecule has 0 saturated heterocycles. The van der Waals surface area contributed by atoms with E-state index < -0.39 is 10.1 Å². The molecule has 0 amide bonds. The molecule has 0 aromatic heterocycles. The average molecular weight is 440 g/mol. The molecule has 0 bridgehead atoms. The molecular formula is C23H50FNO3S. The van der Waals surface area contributed by atoms with Gasteiger partial charge in [0.15, 0.2) is 0 Å². The van der Waals surface area contributed by atoms with Crippen LogP contribution in [-0.4, -0.2) is 27.5 Å². The van der Waals surface area contributed by atoms with E-state index in [4.69, 9.17) is 4.18 Å². The lowest BCUT2D eigenvalue weighted by molar-refractivity contribution is 0.305. The summed E-state index contributed by atoms with van der Waals surface area (Å²) < 4.78 is 40.8. The van der Waals surface area contributed by atoms with E-state index in [0.717, 1.165) is 38.5 Å². The van der Waals surface area contributed by atoms with E-state index in [2.05, 4.69) is 6.92 Å². The van der Waals surface area contributed by atoms with Crippen molar-refractivity contribution in [3.05, 3.63) is 0 Å². The van der Waals surface area contributed by atoms with Crippen LogP contribution in [0.1, 0.15) is 129 Å². The van der Waals surface area contributed by atoms with Gasteiger partial charge in [0, 0.05) is 0 Å². The number of alkyl halides is 1. The maximum Gasteiger partial charge on any atom is 0.267 e. The fraction of sp³-hybridized carbons (Fsp3) is 1.00. The van der Waals surface area contributed by atoms with Gasteiger partial charge >= 0.3 is 0 Å². The molecule has 0 aliphatic rings. The molecule has 0 rings (SSSR count). The summed E-state index contributed by atoms with van der Waals surface area (Å²) in [7, 11) is -3.33. The number of unbranched alkanes of at least 4 members (excludes halogenated alkanes) is 17. The molecule has 0 aliphatic heterocycles. The van der Waals surface area contributed by atoms with Crippen LogP contribution >= 0.6 is 0 Å². The van der Waals surface area contributed by atoms with Crippen molar-refractivity contribution >= 4 is 10.1 Å². The Morgan fingerprint density at radius 2 is 0.966 bits per heavy atom. The predicted molar refractivity (Wildman–Crippen MR) is 124 cm³/mol. The van der Waals surface area contributed by atoms with E-state index in [1.54, 1.807) is 0 Å². The molecule has 0 atom stereocenters. The summed E-state index contributed by atoms with van der Waals surface area (Å²) in [5, 5.41) is 0. The number of hydrogen-bond donors (Lipinski definition) is 1. The van der Waals surface area contributed by atoms with Gasteiger partial charge in [-0.1, -0.05) is 110 Å². The van der Waals surface area contributed by atoms with Gasteiger partial charge in [-0.05, 0) is 19.3 Å². The summed E-state index contributed by atoms with van der Waals surface area (Å²) in [4.78, 5) is 0. The topological polar surface area (TPSA) is 78.4 Å². The van der Waals surface area contributed by atoms with Crippen LogP contribution in [0.25, 0.3) is 0 Å². The third-order valence-corrected chi connectivity index (χ3v) is 6.60. The van der Waals surface area contributed by atoms with Crippen molar-refractivity contribution < 1.29 is 17.0 Å². The summed E-state index contributed by atoms with van der Waals surface area (Å²) >= 11 is 0. The lowest BCUT2D eigenvalue weighted by atomic mass is 10.1. The monoisotopic (exact) mass is 439 g/mol. The molecule has 0 heterocycles. The molecule has 6 heteroatoms. The number of hydrogen-bond acceptors (Lipinski definition) is 4. The Morgan fingerprint density at radius 3 is 1.41 bits per heavy atom. The molecule has 0 saturated carbocycles. The Balaban J connectivity index is 0. The summed E-state index contributed by atoms with van der Waals surface area (Å²) in [5.41, 5.74) is 0. The van der Waals surface area contributed by atoms with Crippen LogP contribution in [-0.2, 0) is 14.3 Å². The second-order valence-electron chi connectivity index (χ2n) is 8.14. The standard InChI is InChI=1S/C23H47FO3S.H3N/c1-2-3-4-5-6-10-13-16-19-22-27-28(25,26)23-20-17-14-11-8-7-9-12-15-18-21-24;/h2-23H2,1H3;1H3. The van der Waals surface area contributed by atoms with Crippen LogP contribution < -0.4 is 6.15 Å². The van der Waals surface area contributed by atoms with Gasteiger partial charge in [-0.2, -0.15) is 8.42 Å². The van der Waals surface area contributed by atoms with Crippen LogP contribution in [0, 0.1) is 0 Å². The maximum atomic E-state index is 11.9. The fourth-order valence-electron chi connectivity index (χ4n) is 3.45. The molecule has 0 spiro atoms. The van der Waals surface area contributed by atoms with Crippen molar-refractivity contribution in [3.63, 3.8) is 0 Å². The van der Waals surface area contributed by atoms with Gasteiger partial charge < -0.3 is 6.15 Å². The zero-order valence-electron chi connectivity index (χ0n) is 19.3. The zero-order chi connectivity index (χ0) is 20.8. The molecule has 0 aliphatic carbocycles. The summed E-state index contributed by atoms with van der Waals surface area (Å²) in [6.45, 7) is 2.39. The van der Waals surface area contributed by atoms with Gasteiger partial charge in [0.25, 0.3) is 10.1 Å². The van der Waals surface area contributed by atoms with E-state index in [1.165, 1.54) is 70.6 Å². The lowest BCUT2D eigenvalue weighted by Gasteiger charge is -2.06. The van der Waals surface area contributed by atoms with Crippen molar-refractivity contribution in [2.24, 2.45) is 0 Å². The van der Waals surface area contributed by atoms with Gasteiger partial charge in [0.1, 0.15) is 0 Å². The van der Waals surface area contributed by atoms with Crippen LogP contribution in [0.5, 0.6) is 0 Å². The number of halogens is 1. The lowest BCUT2D eigenvalue weighted by Crippen LogP contribution is -2.11. The highest BCUT2D eigenvalue weighted by Crippen LogP contribution is 2.12. The Bertz CT molecular complexity index is 405. The van der Waals surface area contributed by atoms with E-state index in [-0.39, 0.29) is 18.6 Å². The second-order valence-corrected chi connectivity index (χ2v) is 9.90. The van der Waals surface area contributed by atoms with Gasteiger partial charge in [-0.15, -0.1) is 0 Å². The molecule has 0 unspecified atom stereocenters. The molecule has 0 aromatic carbocycles. The Morgan fingerprint density at radius 1 is 0.586 bits per heavy atom. The first-order valence-electron chi connectivity index (χ1n) is 12.1. The van der Waals surface area contributed by atoms with Crippen molar-refractivity contribution in [2.45, 2.75) is 129 Å². The molecule has 3 N–H and O–H groups in total. The highest BCUT2D eigenvalue weighted by Gasteiger charge is 2.10. The first-order chi connectivity index (χ1) is 13.6. The normalized spacial score (nSPS) is 11.5. The summed E-state index contributed by atoms with van der Waals surface area (Å²) in [5.74, 6) is 0.160. The van der Waals surface area contributed by atoms with Crippen molar-refractivity contribution in [3.8, 4) is 0 Å². The summed E-state index contributed by atoms with van der Waals surface area (Å²) in [6.07, 6.45) is 21.4. The zero-order valence-corrected chi connectivity index (χ0v) is 20.1. The second kappa shape index (κ2) is 24.1. The fourth-order valence-corrected chi connectivity index (χ4v) is 4.49. The van der Waals surface area contributed by atoms with E-state index in [0.29, 0.717) is 19.4 Å². The van der Waals surface area contributed by atoms with Crippen LogP contribution in [0.2, 0.25) is 0 Å². The molecule has 0 aromatic rings. The van der Waals surface area contributed by atoms with Crippen molar-refractivity contribution in [2.75, 3.05) is 19.0 Å². The molecular weight excluding hydrogens is 389 g/mol. The number of rotatable bonds is 23. The predicted octanol–water partition coefficient (Wildman–Crippen LogP) is 7.90. The third-order valence-electron chi connectivity index (χ3n) is 5.29. The first-order valence-corrected chi connectivity index (χ1v) is 13.6. The minimum Gasteiger partial charge on any atom is -0.344 e. The van der Waals surface area contributed by atoms with E-state index in [9.17, 15) is 12.8 Å².